The zero-order chi connectivity index (χ0) is 21.8. The van der Waals surface area contributed by atoms with Gasteiger partial charge in [0.15, 0.2) is 0 Å². The number of aromatic nitrogens is 1. The lowest BCUT2D eigenvalue weighted by atomic mass is 9.74. The van der Waals surface area contributed by atoms with E-state index in [0.717, 1.165) is 0 Å². The van der Waals surface area contributed by atoms with Gasteiger partial charge in [0.05, 0.1) is 0 Å². The Hall–Kier alpha value is -2.57. The van der Waals surface area contributed by atoms with Crippen molar-refractivity contribution in [3.63, 3.8) is 0 Å². The molecule has 0 radical (unpaired) electrons. The molecular formula is C15H17F6N3O4. The van der Waals surface area contributed by atoms with Crippen LogP contribution < -0.4 is 10.2 Å². The average molecular weight is 417 g/mol. The van der Waals surface area contributed by atoms with Crippen LogP contribution in [0.3, 0.4) is 0 Å². The zero-order valence-electron chi connectivity index (χ0n) is 14.4. The molecule has 2 aliphatic rings. The van der Waals surface area contributed by atoms with E-state index in [-0.39, 0.29) is 0 Å². The summed E-state index contributed by atoms with van der Waals surface area (Å²) in [4.78, 5) is 24.4. The van der Waals surface area contributed by atoms with Crippen molar-refractivity contribution in [3.8, 4) is 0 Å². The summed E-state index contributed by atoms with van der Waals surface area (Å²) in [5, 5.41) is 17.6. The van der Waals surface area contributed by atoms with Crippen LogP contribution in [-0.4, -0.2) is 65.7 Å². The Morgan fingerprint density at radius 3 is 1.79 bits per heavy atom. The van der Waals surface area contributed by atoms with Gasteiger partial charge in [-0.25, -0.2) is 9.59 Å². The summed E-state index contributed by atoms with van der Waals surface area (Å²) in [6.07, 6.45) is -6.34. The molecule has 1 spiro atoms. The van der Waals surface area contributed by atoms with Crippen molar-refractivity contribution in [1.29, 1.82) is 0 Å². The van der Waals surface area contributed by atoms with Gasteiger partial charge >= 0.3 is 24.3 Å². The summed E-state index contributed by atoms with van der Waals surface area (Å²) in [7, 11) is 0. The second-order valence-corrected chi connectivity index (χ2v) is 6.23. The Morgan fingerprint density at radius 2 is 1.50 bits per heavy atom. The van der Waals surface area contributed by atoms with Gasteiger partial charge in [-0.1, -0.05) is 0 Å². The number of pyridine rings is 1. The van der Waals surface area contributed by atoms with Gasteiger partial charge in [-0.3, -0.25) is 4.98 Å². The standard InChI is InChI=1S/C11H15N3.2C2HF3O2/c1-9-4-12-3-2-10(9)14-7-11(8-14)5-13-6-11;2*3-2(4,5)1(6)7/h2-4,13H,5-8H2,1H3;2*(H,6,7). The molecule has 0 saturated carbocycles. The van der Waals surface area contributed by atoms with Crippen LogP contribution >= 0.6 is 0 Å². The second-order valence-electron chi connectivity index (χ2n) is 6.23. The Kier molecular flexibility index (Phi) is 7.23. The first kappa shape index (κ1) is 23.5. The predicted octanol–water partition coefficient (Wildman–Crippen LogP) is 2.07. The molecule has 28 heavy (non-hydrogen) atoms. The van der Waals surface area contributed by atoms with Gasteiger partial charge in [0.2, 0.25) is 0 Å². The molecule has 7 nitrogen and oxygen atoms in total. The van der Waals surface area contributed by atoms with Crippen molar-refractivity contribution in [2.75, 3.05) is 31.1 Å². The number of anilines is 1. The minimum atomic E-state index is -5.08. The maximum atomic E-state index is 10.6. The molecule has 0 amide bonds. The van der Waals surface area contributed by atoms with Gasteiger partial charge in [-0.05, 0) is 18.6 Å². The summed E-state index contributed by atoms with van der Waals surface area (Å²) in [5.41, 5.74) is 3.25. The highest BCUT2D eigenvalue weighted by Gasteiger charge is 2.47. The molecule has 1 aromatic heterocycles. The number of hydrogen-bond donors (Lipinski definition) is 3. The molecule has 1 aromatic rings. The number of alkyl halides is 6. The van der Waals surface area contributed by atoms with Gasteiger partial charge in [-0.15, -0.1) is 0 Å². The third-order valence-corrected chi connectivity index (χ3v) is 3.87. The van der Waals surface area contributed by atoms with Crippen molar-refractivity contribution in [1.82, 2.24) is 10.3 Å². The molecule has 3 rings (SSSR count). The number of carboxylic acids is 2. The first-order valence-electron chi connectivity index (χ1n) is 7.64. The largest absolute Gasteiger partial charge is 0.490 e. The van der Waals surface area contributed by atoms with Crippen molar-refractivity contribution < 1.29 is 46.1 Å². The Morgan fingerprint density at radius 1 is 1.07 bits per heavy atom. The lowest BCUT2D eigenvalue weighted by molar-refractivity contribution is -0.193. The number of aliphatic carboxylic acids is 2. The zero-order valence-corrected chi connectivity index (χ0v) is 14.4. The summed E-state index contributed by atoms with van der Waals surface area (Å²) < 4.78 is 63.5. The maximum absolute atomic E-state index is 10.6. The smallest absolute Gasteiger partial charge is 0.475 e. The van der Waals surface area contributed by atoms with Gasteiger partial charge < -0.3 is 20.4 Å². The monoisotopic (exact) mass is 417 g/mol. The fourth-order valence-electron chi connectivity index (χ4n) is 2.46. The Balaban J connectivity index is 0.000000240. The highest BCUT2D eigenvalue weighted by atomic mass is 19.4. The van der Waals surface area contributed by atoms with E-state index >= 15 is 0 Å². The molecule has 2 fully saturated rings. The van der Waals surface area contributed by atoms with E-state index in [1.165, 1.54) is 37.4 Å². The van der Waals surface area contributed by atoms with E-state index in [1.807, 2.05) is 12.4 Å². The van der Waals surface area contributed by atoms with Gasteiger partial charge in [-0.2, -0.15) is 26.3 Å². The summed E-state index contributed by atoms with van der Waals surface area (Å²) in [6, 6.07) is 2.12. The van der Waals surface area contributed by atoms with Gasteiger partial charge in [0, 0.05) is 49.7 Å². The van der Waals surface area contributed by atoms with E-state index in [9.17, 15) is 26.3 Å². The second kappa shape index (κ2) is 8.63. The van der Waals surface area contributed by atoms with Crippen molar-refractivity contribution >= 4 is 17.6 Å². The molecule has 0 atom stereocenters. The van der Waals surface area contributed by atoms with Crippen LogP contribution in [0.25, 0.3) is 0 Å². The molecular weight excluding hydrogens is 400 g/mol. The number of halogens is 6. The minimum Gasteiger partial charge on any atom is -0.475 e. The molecule has 2 saturated heterocycles. The van der Waals surface area contributed by atoms with E-state index in [0.29, 0.717) is 5.41 Å². The molecule has 0 unspecified atom stereocenters. The Bertz CT molecular complexity index is 672. The van der Waals surface area contributed by atoms with Crippen molar-refractivity contribution in [3.05, 3.63) is 24.0 Å². The normalized spacial score (nSPS) is 17.2. The van der Waals surface area contributed by atoms with Crippen LogP contribution in [0.5, 0.6) is 0 Å². The molecule has 0 aromatic carbocycles. The first-order chi connectivity index (χ1) is 12.7. The quantitative estimate of drug-likeness (QED) is 0.601. The molecule has 13 heteroatoms. The highest BCUT2D eigenvalue weighted by Crippen LogP contribution is 2.38. The molecule has 0 bridgehead atoms. The topological polar surface area (TPSA) is 103 Å². The fourth-order valence-corrected chi connectivity index (χ4v) is 2.46. The molecule has 0 aliphatic carbocycles. The van der Waals surface area contributed by atoms with Gasteiger partial charge in [0.25, 0.3) is 0 Å². The SMILES string of the molecule is Cc1cnccc1N1CC2(CNC2)C1.O=C(O)C(F)(F)F.O=C(O)C(F)(F)F. The maximum Gasteiger partial charge on any atom is 0.490 e. The van der Waals surface area contributed by atoms with E-state index < -0.39 is 24.3 Å². The van der Waals surface area contributed by atoms with Crippen LogP contribution in [0.4, 0.5) is 32.0 Å². The highest BCUT2D eigenvalue weighted by molar-refractivity contribution is 5.73. The number of rotatable bonds is 1. The number of carbonyl (C=O) groups is 2. The number of nitrogens with one attached hydrogen (secondary N) is 1. The van der Waals surface area contributed by atoms with Crippen LogP contribution in [0.2, 0.25) is 0 Å². The molecule has 3 heterocycles. The summed E-state index contributed by atoms with van der Waals surface area (Å²) in [5.74, 6) is -5.51. The lowest BCUT2D eigenvalue weighted by Crippen LogP contribution is -2.71. The predicted molar refractivity (Wildman–Crippen MR) is 83.9 cm³/mol. The number of hydrogen-bond acceptors (Lipinski definition) is 5. The van der Waals surface area contributed by atoms with Crippen LogP contribution in [0.1, 0.15) is 5.56 Å². The van der Waals surface area contributed by atoms with Crippen LogP contribution in [0.15, 0.2) is 18.5 Å². The average Bonchev–Trinajstić information content (AvgIpc) is 2.45. The third-order valence-electron chi connectivity index (χ3n) is 3.87. The number of aryl methyl sites for hydroxylation is 1. The first-order valence-corrected chi connectivity index (χ1v) is 7.64. The van der Waals surface area contributed by atoms with Crippen LogP contribution in [-0.2, 0) is 9.59 Å². The van der Waals surface area contributed by atoms with Crippen LogP contribution in [0, 0.1) is 12.3 Å². The molecule has 3 N–H and O–H groups in total. The van der Waals surface area contributed by atoms with Gasteiger partial charge in [0.1, 0.15) is 0 Å². The van der Waals surface area contributed by atoms with Crippen molar-refractivity contribution in [2.45, 2.75) is 19.3 Å². The van der Waals surface area contributed by atoms with E-state index in [2.05, 4.69) is 28.2 Å². The summed E-state index contributed by atoms with van der Waals surface area (Å²) in [6.45, 7) is 6.96. The van der Waals surface area contributed by atoms with E-state index in [4.69, 9.17) is 19.8 Å². The molecule has 158 valence electrons. The third kappa shape index (κ3) is 6.55. The summed E-state index contributed by atoms with van der Waals surface area (Å²) >= 11 is 0. The Labute approximate surface area is 155 Å². The fraction of sp³-hybridized carbons (Fsp3) is 0.533. The number of carboxylic acid groups (broad SMARTS) is 2. The number of nitrogens with zero attached hydrogens (tertiary/aromatic N) is 2. The van der Waals surface area contributed by atoms with E-state index in [1.54, 1.807) is 0 Å². The van der Waals surface area contributed by atoms with Crippen molar-refractivity contribution in [2.24, 2.45) is 5.41 Å². The lowest BCUT2D eigenvalue weighted by Gasteiger charge is -2.57. The minimum absolute atomic E-state index is 0.607. The molecule has 2 aliphatic heterocycles.